The van der Waals surface area contributed by atoms with Gasteiger partial charge in [0.25, 0.3) is 0 Å². The van der Waals surface area contributed by atoms with Gasteiger partial charge in [0.1, 0.15) is 41.8 Å². The van der Waals surface area contributed by atoms with Gasteiger partial charge >= 0.3 is 12.1 Å². The fraction of sp³-hybridized carbons (Fsp3) is 0.633. The van der Waals surface area contributed by atoms with Gasteiger partial charge < -0.3 is 34.2 Å². The van der Waals surface area contributed by atoms with E-state index in [-0.39, 0.29) is 29.7 Å². The van der Waals surface area contributed by atoms with Gasteiger partial charge in [-0.2, -0.15) is 0 Å². The Labute approximate surface area is 263 Å². The van der Waals surface area contributed by atoms with Crippen LogP contribution in [0.15, 0.2) is 23.5 Å². The minimum atomic E-state index is -1.63. The monoisotopic (exact) mass is 653 g/mol. The number of halogens is 3. The predicted octanol–water partition coefficient (Wildman–Crippen LogP) is 3.14. The molecule has 1 aromatic heterocycles. The van der Waals surface area contributed by atoms with Crippen LogP contribution in [0.1, 0.15) is 59.4 Å². The number of esters is 1. The first-order valence-corrected chi connectivity index (χ1v) is 15.1. The van der Waals surface area contributed by atoms with Crippen molar-refractivity contribution < 1.29 is 52.0 Å². The number of benzene rings is 1. The van der Waals surface area contributed by atoms with E-state index in [9.17, 15) is 33.0 Å². The van der Waals surface area contributed by atoms with Crippen molar-refractivity contribution in [3.05, 3.63) is 35.8 Å². The maximum absolute atomic E-state index is 13.9. The normalized spacial score (nSPS) is 27.2. The van der Waals surface area contributed by atoms with Crippen LogP contribution in [-0.2, 0) is 23.8 Å². The minimum Gasteiger partial charge on any atom is -0.457 e. The third-order valence-corrected chi connectivity index (χ3v) is 8.23. The summed E-state index contributed by atoms with van der Waals surface area (Å²) in [4.78, 5) is 32.1. The first-order chi connectivity index (χ1) is 21.7. The van der Waals surface area contributed by atoms with Crippen LogP contribution in [0.25, 0.3) is 11.3 Å². The number of aliphatic hydroxyl groups excluding tert-OH is 2. The average Bonchev–Trinajstić information content (AvgIpc) is 3.66. The van der Waals surface area contributed by atoms with E-state index in [2.05, 4.69) is 15.5 Å². The van der Waals surface area contributed by atoms with Gasteiger partial charge in [-0.05, 0) is 45.7 Å². The van der Waals surface area contributed by atoms with Crippen LogP contribution in [0, 0.1) is 23.4 Å². The molecule has 6 atom stereocenters. The summed E-state index contributed by atoms with van der Waals surface area (Å²) in [5, 5.41) is 33.4. The highest BCUT2D eigenvalue weighted by atomic mass is 19.2. The molecule has 4 heterocycles. The van der Waals surface area contributed by atoms with Gasteiger partial charge in [0.05, 0.1) is 18.5 Å². The van der Waals surface area contributed by atoms with E-state index in [0.717, 1.165) is 17.8 Å². The molecule has 2 fully saturated rings. The van der Waals surface area contributed by atoms with E-state index in [4.69, 9.17) is 19.0 Å². The standard InChI is InChI=1S/C30H38F3N5O8/c1-15(40)43-28-23(12-18-11-21(35-46-18)16-5-7-37(8-6-16)29(42)45-30(2,3)4)44-24(14-39)27(41)26(28)38-13-22(34-36-38)17-9-19(31)25(33)20(32)10-17/h9-10,13,16,18,23-24,26-28,39,41H,5-8,11-12,14H2,1-4H3/t18?,23-,24-,26+,27+,28+/m1/s1. The van der Waals surface area contributed by atoms with Crippen LogP contribution in [0.5, 0.6) is 0 Å². The van der Waals surface area contributed by atoms with Crippen molar-refractivity contribution in [2.75, 3.05) is 19.7 Å². The van der Waals surface area contributed by atoms with Crippen LogP contribution in [0.2, 0.25) is 0 Å². The number of piperidine rings is 1. The topological polar surface area (TPSA) is 158 Å². The molecule has 252 valence electrons. The molecular formula is C30H38F3N5O8. The summed E-state index contributed by atoms with van der Waals surface area (Å²) in [7, 11) is 0. The van der Waals surface area contributed by atoms with Crippen LogP contribution in [0.3, 0.4) is 0 Å². The second kappa shape index (κ2) is 13.5. The van der Waals surface area contributed by atoms with Crippen molar-refractivity contribution in [2.24, 2.45) is 11.1 Å². The maximum atomic E-state index is 13.9. The molecule has 5 rings (SSSR count). The van der Waals surface area contributed by atoms with Crippen LogP contribution in [-0.4, -0.2) is 104 Å². The van der Waals surface area contributed by atoms with Crippen LogP contribution < -0.4 is 0 Å². The SMILES string of the molecule is CC(=O)O[C@@H]1[C@@H](n2cc(-c3cc(F)c(F)c(F)c3)nn2)[C@@H](O)[C@@H](CO)O[C@@H]1CC1CC(C2CCN(C(=O)OC(C)(C)C)CC2)=NO1. The summed E-state index contributed by atoms with van der Waals surface area (Å²) in [6, 6.07) is 0.383. The quantitative estimate of drug-likeness (QED) is 0.336. The Bertz CT molecular complexity index is 1440. The Morgan fingerprint density at radius 1 is 1.11 bits per heavy atom. The molecular weight excluding hydrogens is 615 g/mol. The molecule has 2 N–H and O–H groups in total. The van der Waals surface area contributed by atoms with Crippen molar-refractivity contribution in [3.63, 3.8) is 0 Å². The van der Waals surface area contributed by atoms with Crippen molar-refractivity contribution >= 4 is 17.8 Å². The van der Waals surface area contributed by atoms with E-state index in [0.29, 0.717) is 32.4 Å². The number of carbonyl (C=O) groups excluding carboxylic acids is 2. The smallest absolute Gasteiger partial charge is 0.410 e. The number of oxime groups is 1. The Hall–Kier alpha value is -3.76. The predicted molar refractivity (Wildman–Crippen MR) is 154 cm³/mol. The molecule has 1 amide bonds. The molecule has 0 bridgehead atoms. The molecule has 0 spiro atoms. The molecule has 46 heavy (non-hydrogen) atoms. The zero-order chi connectivity index (χ0) is 33.3. The number of likely N-dealkylation sites (tertiary alicyclic amines) is 1. The fourth-order valence-electron chi connectivity index (χ4n) is 6.06. The lowest BCUT2D eigenvalue weighted by molar-refractivity contribution is -0.223. The fourth-order valence-corrected chi connectivity index (χ4v) is 6.06. The van der Waals surface area contributed by atoms with Gasteiger partial charge in [0, 0.05) is 44.3 Å². The van der Waals surface area contributed by atoms with Gasteiger partial charge in [0.15, 0.2) is 23.6 Å². The van der Waals surface area contributed by atoms with Crippen molar-refractivity contribution in [3.8, 4) is 11.3 Å². The van der Waals surface area contributed by atoms with Crippen molar-refractivity contribution in [1.82, 2.24) is 19.9 Å². The summed E-state index contributed by atoms with van der Waals surface area (Å²) in [5.41, 5.74) is 0.107. The number of amides is 1. The number of hydrogen-bond acceptors (Lipinski definition) is 11. The number of aliphatic hydroxyl groups is 2. The van der Waals surface area contributed by atoms with Gasteiger partial charge in [-0.3, -0.25) is 4.79 Å². The average molecular weight is 654 g/mol. The molecule has 3 aliphatic heterocycles. The van der Waals surface area contributed by atoms with Crippen molar-refractivity contribution in [2.45, 2.75) is 95.5 Å². The largest absolute Gasteiger partial charge is 0.457 e. The lowest BCUT2D eigenvalue weighted by atomic mass is 9.86. The van der Waals surface area contributed by atoms with Crippen molar-refractivity contribution in [1.29, 1.82) is 0 Å². The first kappa shape index (κ1) is 33.6. The van der Waals surface area contributed by atoms with Gasteiger partial charge in [-0.25, -0.2) is 22.6 Å². The lowest BCUT2D eigenvalue weighted by Crippen LogP contribution is -2.57. The molecule has 3 aliphatic rings. The van der Waals surface area contributed by atoms with E-state index < -0.39 is 72.2 Å². The zero-order valence-corrected chi connectivity index (χ0v) is 25.9. The molecule has 1 aromatic carbocycles. The molecule has 0 aliphatic carbocycles. The van der Waals surface area contributed by atoms with E-state index >= 15 is 0 Å². The second-order valence-corrected chi connectivity index (χ2v) is 12.8. The number of aromatic nitrogens is 3. The Kier molecular flexibility index (Phi) is 9.89. The highest BCUT2D eigenvalue weighted by Gasteiger charge is 2.50. The van der Waals surface area contributed by atoms with Gasteiger partial charge in [-0.1, -0.05) is 10.4 Å². The summed E-state index contributed by atoms with van der Waals surface area (Å²) >= 11 is 0. The molecule has 0 radical (unpaired) electrons. The number of ether oxygens (including phenoxy) is 3. The molecule has 1 unspecified atom stereocenters. The van der Waals surface area contributed by atoms with E-state index in [1.165, 1.54) is 17.8 Å². The maximum Gasteiger partial charge on any atom is 0.410 e. The van der Waals surface area contributed by atoms with Crippen LogP contribution in [0.4, 0.5) is 18.0 Å². The number of carbonyl (C=O) groups is 2. The Morgan fingerprint density at radius 2 is 1.78 bits per heavy atom. The lowest BCUT2D eigenvalue weighted by Gasteiger charge is -2.44. The first-order valence-electron chi connectivity index (χ1n) is 15.1. The zero-order valence-electron chi connectivity index (χ0n) is 25.9. The highest BCUT2D eigenvalue weighted by Crippen LogP contribution is 2.37. The minimum absolute atomic E-state index is 0.0370. The third-order valence-electron chi connectivity index (χ3n) is 8.23. The van der Waals surface area contributed by atoms with Gasteiger partial charge in [0.2, 0.25) is 0 Å². The van der Waals surface area contributed by atoms with E-state index in [1.54, 1.807) is 4.90 Å². The molecule has 0 saturated carbocycles. The molecule has 2 saturated heterocycles. The summed E-state index contributed by atoms with van der Waals surface area (Å²) in [6.45, 7) is 7.08. The van der Waals surface area contributed by atoms with Gasteiger partial charge in [-0.15, -0.1) is 5.10 Å². The second-order valence-electron chi connectivity index (χ2n) is 12.8. The number of rotatable bonds is 7. The summed E-state index contributed by atoms with van der Waals surface area (Å²) in [6.07, 6.45) is -2.17. The Balaban J connectivity index is 1.28. The number of nitrogens with zero attached hydrogens (tertiary/aromatic N) is 5. The van der Waals surface area contributed by atoms with Crippen LogP contribution >= 0.6 is 0 Å². The summed E-state index contributed by atoms with van der Waals surface area (Å²) in [5.74, 6) is -5.05. The highest BCUT2D eigenvalue weighted by molar-refractivity contribution is 5.88. The number of hydrogen-bond donors (Lipinski definition) is 2. The molecule has 2 aromatic rings. The third kappa shape index (κ3) is 7.44. The van der Waals surface area contributed by atoms with E-state index in [1.807, 2.05) is 20.8 Å². The summed E-state index contributed by atoms with van der Waals surface area (Å²) < 4.78 is 59.6. The molecule has 16 heteroatoms. The molecule has 13 nitrogen and oxygen atoms in total. The Morgan fingerprint density at radius 3 is 2.39 bits per heavy atom.